The number of amides is 1. The Labute approximate surface area is 221 Å². The number of aliphatic hydroxyl groups is 1. The van der Waals surface area contributed by atoms with Crippen molar-refractivity contribution in [1.29, 1.82) is 0 Å². The monoisotopic (exact) mass is 549 g/mol. The SMILES string of the molecule is O=C(Nc1nccc(C2CCC(F)(F)CC2)n1)c1ccc(NS(=O)(=O)CCO)cc1N1CCC2(CC1)CC2. The maximum absolute atomic E-state index is 13.6. The van der Waals surface area contributed by atoms with E-state index >= 15 is 0 Å². The van der Waals surface area contributed by atoms with E-state index in [1.54, 1.807) is 18.2 Å². The van der Waals surface area contributed by atoms with Crippen LogP contribution in [-0.4, -0.2) is 60.8 Å². The highest BCUT2D eigenvalue weighted by molar-refractivity contribution is 7.92. The summed E-state index contributed by atoms with van der Waals surface area (Å²) >= 11 is 0. The van der Waals surface area contributed by atoms with E-state index in [9.17, 15) is 22.0 Å². The first-order valence-corrected chi connectivity index (χ1v) is 14.7. The largest absolute Gasteiger partial charge is 0.395 e. The maximum atomic E-state index is 13.6. The van der Waals surface area contributed by atoms with Gasteiger partial charge < -0.3 is 10.0 Å². The third-order valence-corrected chi connectivity index (χ3v) is 9.30. The van der Waals surface area contributed by atoms with E-state index in [4.69, 9.17) is 5.11 Å². The highest BCUT2D eigenvalue weighted by Crippen LogP contribution is 2.54. The van der Waals surface area contributed by atoms with E-state index in [-0.39, 0.29) is 24.7 Å². The molecule has 1 aliphatic heterocycles. The quantitative estimate of drug-likeness (QED) is 0.452. The Morgan fingerprint density at radius 3 is 2.45 bits per heavy atom. The van der Waals surface area contributed by atoms with Crippen LogP contribution in [0.3, 0.4) is 0 Å². The number of aliphatic hydroxyl groups excluding tert-OH is 1. The van der Waals surface area contributed by atoms with Crippen LogP contribution in [-0.2, 0) is 10.0 Å². The van der Waals surface area contributed by atoms with Gasteiger partial charge in [0.05, 0.1) is 29.3 Å². The molecule has 1 aromatic carbocycles. The van der Waals surface area contributed by atoms with Gasteiger partial charge in [-0.1, -0.05) is 0 Å². The van der Waals surface area contributed by atoms with Gasteiger partial charge >= 0.3 is 0 Å². The maximum Gasteiger partial charge on any atom is 0.260 e. The van der Waals surface area contributed by atoms with E-state index in [1.807, 2.05) is 0 Å². The lowest BCUT2D eigenvalue weighted by atomic mass is 9.85. The van der Waals surface area contributed by atoms with Crippen LogP contribution in [0.4, 0.5) is 26.1 Å². The van der Waals surface area contributed by atoms with Crippen molar-refractivity contribution in [3.8, 4) is 0 Å². The molecule has 38 heavy (non-hydrogen) atoms. The number of halogens is 2. The standard InChI is InChI=1S/C26H33F2N5O4S/c27-26(28)6-3-18(4-7-26)21-5-12-29-24(30-21)31-23(35)20-2-1-19(32-38(36,37)16-15-34)17-22(20)33-13-10-25(8-9-25)11-14-33/h1-2,5,12,17-18,32,34H,3-4,6-11,13-16H2,(H,29,30,31,35). The number of nitrogens with zero attached hydrogens (tertiary/aromatic N) is 3. The number of sulfonamides is 1. The molecule has 2 aromatic rings. The Hall–Kier alpha value is -2.86. The number of carbonyl (C=O) groups excluding carboxylic acids is 1. The summed E-state index contributed by atoms with van der Waals surface area (Å²) in [6.07, 6.45) is 6.28. The molecular weight excluding hydrogens is 516 g/mol. The third-order valence-electron chi connectivity index (χ3n) is 8.04. The predicted octanol–water partition coefficient (Wildman–Crippen LogP) is 4.14. The minimum absolute atomic E-state index is 0.0964. The van der Waals surface area contributed by atoms with Crippen molar-refractivity contribution in [1.82, 2.24) is 9.97 Å². The second-order valence-electron chi connectivity index (χ2n) is 10.8. The molecule has 5 rings (SSSR count). The van der Waals surface area contributed by atoms with E-state index in [0.717, 1.165) is 25.9 Å². The van der Waals surface area contributed by atoms with Crippen LogP contribution in [0, 0.1) is 5.41 Å². The highest BCUT2D eigenvalue weighted by Gasteiger charge is 2.44. The molecule has 9 nitrogen and oxygen atoms in total. The number of alkyl halides is 2. The van der Waals surface area contributed by atoms with Gasteiger partial charge in [-0.2, -0.15) is 0 Å². The second kappa shape index (κ2) is 10.4. The van der Waals surface area contributed by atoms with Gasteiger partial charge in [-0.25, -0.2) is 27.2 Å². The molecule has 0 unspecified atom stereocenters. The summed E-state index contributed by atoms with van der Waals surface area (Å²) in [4.78, 5) is 24.1. The summed E-state index contributed by atoms with van der Waals surface area (Å²) in [5.74, 6) is -3.52. The van der Waals surface area contributed by atoms with E-state index in [1.165, 1.54) is 25.1 Å². The lowest BCUT2D eigenvalue weighted by molar-refractivity contribution is -0.0384. The van der Waals surface area contributed by atoms with Crippen LogP contribution in [0.1, 0.15) is 73.3 Å². The van der Waals surface area contributed by atoms with Crippen molar-refractivity contribution in [2.24, 2.45) is 5.41 Å². The normalized spacial score (nSPS) is 20.8. The van der Waals surface area contributed by atoms with Gasteiger partial charge in [-0.3, -0.25) is 14.8 Å². The molecular formula is C26H33F2N5O4S. The van der Waals surface area contributed by atoms with Crippen molar-refractivity contribution in [3.63, 3.8) is 0 Å². The first-order chi connectivity index (χ1) is 18.1. The van der Waals surface area contributed by atoms with Crippen LogP contribution in [0.25, 0.3) is 0 Å². The number of nitrogens with one attached hydrogen (secondary N) is 2. The number of anilines is 3. The summed E-state index contributed by atoms with van der Waals surface area (Å²) < 4.78 is 54.1. The minimum atomic E-state index is -3.73. The van der Waals surface area contributed by atoms with Crippen LogP contribution >= 0.6 is 0 Å². The molecule has 0 bridgehead atoms. The first-order valence-electron chi connectivity index (χ1n) is 13.1. The fourth-order valence-corrected chi connectivity index (χ4v) is 6.29. The summed E-state index contributed by atoms with van der Waals surface area (Å²) in [6, 6.07) is 6.42. The molecule has 1 saturated heterocycles. The average molecular weight is 550 g/mol. The second-order valence-corrected chi connectivity index (χ2v) is 12.6. The number of rotatable bonds is 8. The zero-order valence-corrected chi connectivity index (χ0v) is 21.9. The van der Waals surface area contributed by atoms with Crippen molar-refractivity contribution in [3.05, 3.63) is 41.7 Å². The molecule has 1 aromatic heterocycles. The van der Waals surface area contributed by atoms with E-state index in [0.29, 0.717) is 40.9 Å². The number of hydrogen-bond acceptors (Lipinski definition) is 7. The van der Waals surface area contributed by atoms with Gasteiger partial charge in [0.25, 0.3) is 5.91 Å². The molecule has 0 atom stereocenters. The number of benzene rings is 1. The number of piperidine rings is 1. The lowest BCUT2D eigenvalue weighted by Crippen LogP contribution is -2.36. The molecule has 2 heterocycles. The molecule has 2 saturated carbocycles. The fourth-order valence-electron chi connectivity index (χ4n) is 5.46. The molecule has 3 fully saturated rings. The zero-order valence-electron chi connectivity index (χ0n) is 21.1. The minimum Gasteiger partial charge on any atom is -0.395 e. The molecule has 3 aliphatic rings. The van der Waals surface area contributed by atoms with E-state index < -0.39 is 34.2 Å². The van der Waals surface area contributed by atoms with Crippen molar-refractivity contribution in [2.45, 2.75) is 63.2 Å². The van der Waals surface area contributed by atoms with Gasteiger partial charge in [-0.15, -0.1) is 0 Å². The molecule has 2 aliphatic carbocycles. The first kappa shape index (κ1) is 26.7. The average Bonchev–Trinajstić information content (AvgIpc) is 3.63. The van der Waals surface area contributed by atoms with E-state index in [2.05, 4.69) is 24.9 Å². The molecule has 0 radical (unpaired) electrons. The Kier molecular flexibility index (Phi) is 7.29. The van der Waals surface area contributed by atoms with Crippen LogP contribution < -0.4 is 14.9 Å². The third kappa shape index (κ3) is 6.23. The molecule has 206 valence electrons. The van der Waals surface area contributed by atoms with Crippen LogP contribution in [0.2, 0.25) is 0 Å². The summed E-state index contributed by atoms with van der Waals surface area (Å²) in [5.41, 5.74) is 2.31. The van der Waals surface area contributed by atoms with Gasteiger partial charge in [-0.05, 0) is 68.2 Å². The van der Waals surface area contributed by atoms with Gasteiger partial charge in [0.15, 0.2) is 0 Å². The molecule has 1 spiro atoms. The number of aromatic nitrogens is 2. The zero-order chi connectivity index (χ0) is 27.0. The summed E-state index contributed by atoms with van der Waals surface area (Å²) in [5, 5.41) is 11.8. The molecule has 1 amide bonds. The Bertz CT molecular complexity index is 1280. The molecule has 3 N–H and O–H groups in total. The summed E-state index contributed by atoms with van der Waals surface area (Å²) in [7, 11) is -3.73. The fraction of sp³-hybridized carbons (Fsp3) is 0.577. The number of hydrogen-bond donors (Lipinski definition) is 3. The Morgan fingerprint density at radius 2 is 1.79 bits per heavy atom. The number of carbonyl (C=O) groups is 1. The Morgan fingerprint density at radius 1 is 1.08 bits per heavy atom. The topological polar surface area (TPSA) is 125 Å². The van der Waals surface area contributed by atoms with Gasteiger partial charge in [0.1, 0.15) is 0 Å². The molecule has 12 heteroatoms. The Balaban J connectivity index is 1.36. The van der Waals surface area contributed by atoms with Crippen molar-refractivity contribution >= 4 is 33.3 Å². The predicted molar refractivity (Wildman–Crippen MR) is 140 cm³/mol. The smallest absolute Gasteiger partial charge is 0.260 e. The van der Waals surface area contributed by atoms with Crippen LogP contribution in [0.5, 0.6) is 0 Å². The lowest BCUT2D eigenvalue weighted by Gasteiger charge is -2.35. The highest BCUT2D eigenvalue weighted by atomic mass is 32.2. The van der Waals surface area contributed by atoms with Gasteiger partial charge in [0.2, 0.25) is 21.9 Å². The van der Waals surface area contributed by atoms with Crippen LogP contribution in [0.15, 0.2) is 30.5 Å². The van der Waals surface area contributed by atoms with Crippen molar-refractivity contribution < 1.29 is 27.1 Å². The van der Waals surface area contributed by atoms with Gasteiger partial charge in [0, 0.05) is 43.7 Å². The van der Waals surface area contributed by atoms with Crippen molar-refractivity contribution in [2.75, 3.05) is 40.4 Å². The summed E-state index contributed by atoms with van der Waals surface area (Å²) in [6.45, 7) is 1.01.